The zero-order chi connectivity index (χ0) is 19.7. The highest BCUT2D eigenvalue weighted by Crippen LogP contribution is 2.29. The normalized spacial score (nSPS) is 11.4. The molecule has 0 saturated heterocycles. The zero-order valence-corrected chi connectivity index (χ0v) is 17.0. The fraction of sp³-hybridized carbons (Fsp3) is 0.0385. The third kappa shape index (κ3) is 5.40. The number of aliphatic imine (C=N–C) groups is 1. The smallest absolute Gasteiger partial charge is 0.110 e. The Hall–Kier alpha value is -3.22. The van der Waals surface area contributed by atoms with Crippen LogP contribution >= 0.6 is 8.07 Å². The summed E-state index contributed by atoms with van der Waals surface area (Å²) >= 11 is 0. The fourth-order valence-corrected chi connectivity index (χ4v) is 5.00. The van der Waals surface area contributed by atoms with Crippen molar-refractivity contribution in [3.63, 3.8) is 0 Å². The molecule has 0 unspecified atom stereocenters. The molecule has 0 heterocycles. The van der Waals surface area contributed by atoms with Crippen molar-refractivity contribution in [2.45, 2.75) is 6.42 Å². The summed E-state index contributed by atoms with van der Waals surface area (Å²) in [4.78, 5) is 4.97. The lowest BCUT2D eigenvalue weighted by atomic mass is 10.1. The first-order chi connectivity index (χ1) is 14.4. The Balaban J connectivity index is 1.71. The van der Waals surface area contributed by atoms with Crippen molar-refractivity contribution in [2.24, 2.45) is 4.99 Å². The number of nitrogens with one attached hydrogen (secondary N) is 1. The standard InChI is InChI=1S/C26H23N2P/c1-5-13-22(14-6-1)21-26(27-23-15-7-2-8-16-23)28-29(24-17-9-3-10-18-24)25-19-11-4-12-20-25/h1-20H,21H2,(H,27,28). The topological polar surface area (TPSA) is 24.4 Å². The molecule has 29 heavy (non-hydrogen) atoms. The molecule has 0 spiro atoms. The lowest BCUT2D eigenvalue weighted by molar-refractivity contribution is 1.23. The van der Waals surface area contributed by atoms with Gasteiger partial charge in [-0.1, -0.05) is 109 Å². The highest BCUT2D eigenvalue weighted by molar-refractivity contribution is 7.71. The summed E-state index contributed by atoms with van der Waals surface area (Å²) in [7, 11) is -0.763. The Morgan fingerprint density at radius 2 is 1.03 bits per heavy atom. The molecular weight excluding hydrogens is 371 g/mol. The van der Waals surface area contributed by atoms with Gasteiger partial charge in [-0.05, 0) is 17.7 Å². The molecule has 4 aromatic carbocycles. The molecule has 4 aromatic rings. The maximum Gasteiger partial charge on any atom is 0.110 e. The summed E-state index contributed by atoms with van der Waals surface area (Å²) in [6, 6.07) is 41.9. The summed E-state index contributed by atoms with van der Waals surface area (Å²) in [6.45, 7) is 0. The Kier molecular flexibility index (Phi) is 6.47. The average Bonchev–Trinajstić information content (AvgIpc) is 2.80. The van der Waals surface area contributed by atoms with Gasteiger partial charge in [-0.2, -0.15) is 0 Å². The largest absolute Gasteiger partial charge is 0.345 e. The van der Waals surface area contributed by atoms with E-state index >= 15 is 0 Å². The maximum atomic E-state index is 4.97. The van der Waals surface area contributed by atoms with E-state index in [0.29, 0.717) is 0 Å². The van der Waals surface area contributed by atoms with Crippen LogP contribution in [-0.2, 0) is 6.42 Å². The van der Waals surface area contributed by atoms with Gasteiger partial charge in [0.05, 0.1) is 13.8 Å². The van der Waals surface area contributed by atoms with Crippen LogP contribution in [0.4, 0.5) is 5.69 Å². The lowest BCUT2D eigenvalue weighted by Gasteiger charge is -2.22. The zero-order valence-electron chi connectivity index (χ0n) is 16.1. The molecule has 0 atom stereocenters. The predicted molar refractivity (Wildman–Crippen MR) is 126 cm³/mol. The Labute approximate surface area is 173 Å². The first kappa shape index (κ1) is 19.1. The molecule has 0 aliphatic heterocycles. The van der Waals surface area contributed by atoms with Gasteiger partial charge in [0.15, 0.2) is 0 Å². The molecule has 0 aromatic heterocycles. The second-order valence-corrected chi connectivity index (χ2v) is 8.60. The fourth-order valence-electron chi connectivity index (χ4n) is 3.11. The minimum Gasteiger partial charge on any atom is -0.345 e. The first-order valence-electron chi connectivity index (χ1n) is 9.72. The molecule has 0 amide bonds. The Morgan fingerprint density at radius 1 is 0.586 bits per heavy atom. The van der Waals surface area contributed by atoms with E-state index in [0.717, 1.165) is 17.9 Å². The monoisotopic (exact) mass is 394 g/mol. The number of para-hydroxylation sites is 1. The second-order valence-electron chi connectivity index (χ2n) is 6.67. The van der Waals surface area contributed by atoms with Crippen LogP contribution in [-0.4, -0.2) is 5.84 Å². The van der Waals surface area contributed by atoms with E-state index in [1.165, 1.54) is 16.2 Å². The molecule has 0 aliphatic rings. The van der Waals surface area contributed by atoms with Gasteiger partial charge in [0.1, 0.15) is 5.84 Å². The van der Waals surface area contributed by atoms with E-state index in [9.17, 15) is 0 Å². The number of benzene rings is 4. The van der Waals surface area contributed by atoms with E-state index in [-0.39, 0.29) is 0 Å². The second kappa shape index (κ2) is 9.82. The molecule has 0 saturated carbocycles. The van der Waals surface area contributed by atoms with Crippen LogP contribution in [0, 0.1) is 0 Å². The van der Waals surface area contributed by atoms with Gasteiger partial charge in [0.25, 0.3) is 0 Å². The summed E-state index contributed by atoms with van der Waals surface area (Å²) < 4.78 is 0. The SMILES string of the molecule is c1ccc(C/C(=N\c2ccccc2)NP(c2ccccc2)c2ccccc2)cc1. The van der Waals surface area contributed by atoms with Gasteiger partial charge in [0, 0.05) is 17.0 Å². The summed E-state index contributed by atoms with van der Waals surface area (Å²) in [5.41, 5.74) is 2.20. The van der Waals surface area contributed by atoms with Gasteiger partial charge in [0.2, 0.25) is 0 Å². The summed E-state index contributed by atoms with van der Waals surface area (Å²) in [5.74, 6) is 0.973. The van der Waals surface area contributed by atoms with Gasteiger partial charge in [-0.3, -0.25) is 0 Å². The molecular formula is C26H23N2P. The molecule has 4 rings (SSSR count). The van der Waals surface area contributed by atoms with Crippen LogP contribution in [0.1, 0.15) is 5.56 Å². The summed E-state index contributed by atoms with van der Waals surface area (Å²) in [6.07, 6.45) is 0.758. The predicted octanol–water partition coefficient (Wildman–Crippen LogP) is 5.60. The van der Waals surface area contributed by atoms with Crippen LogP contribution in [0.3, 0.4) is 0 Å². The van der Waals surface area contributed by atoms with Crippen molar-refractivity contribution in [1.82, 2.24) is 5.09 Å². The molecule has 0 aliphatic carbocycles. The van der Waals surface area contributed by atoms with E-state index in [1.807, 2.05) is 36.4 Å². The number of hydrogen-bond acceptors (Lipinski definition) is 1. The molecule has 2 nitrogen and oxygen atoms in total. The lowest BCUT2D eigenvalue weighted by Crippen LogP contribution is -2.29. The Morgan fingerprint density at radius 3 is 1.55 bits per heavy atom. The molecule has 3 heteroatoms. The average molecular weight is 394 g/mol. The third-order valence-corrected chi connectivity index (χ3v) is 6.62. The molecule has 0 radical (unpaired) electrons. The van der Waals surface area contributed by atoms with Gasteiger partial charge < -0.3 is 5.09 Å². The van der Waals surface area contributed by atoms with Crippen LogP contribution < -0.4 is 15.7 Å². The molecule has 142 valence electrons. The highest BCUT2D eigenvalue weighted by Gasteiger charge is 2.16. The van der Waals surface area contributed by atoms with Crippen LogP contribution in [0.5, 0.6) is 0 Å². The number of rotatable bonds is 6. The minimum absolute atomic E-state index is 0.758. The van der Waals surface area contributed by atoms with E-state index in [4.69, 9.17) is 4.99 Å². The summed E-state index contributed by atoms with van der Waals surface area (Å²) in [5, 5.41) is 6.36. The van der Waals surface area contributed by atoms with Crippen LogP contribution in [0.15, 0.2) is 126 Å². The number of amidine groups is 1. The van der Waals surface area contributed by atoms with Crippen molar-refractivity contribution in [3.8, 4) is 0 Å². The van der Waals surface area contributed by atoms with Crippen LogP contribution in [0.25, 0.3) is 0 Å². The van der Waals surface area contributed by atoms with Gasteiger partial charge in [-0.15, -0.1) is 0 Å². The van der Waals surface area contributed by atoms with Crippen molar-refractivity contribution >= 4 is 30.2 Å². The number of nitrogens with zero attached hydrogens (tertiary/aromatic N) is 1. The van der Waals surface area contributed by atoms with Gasteiger partial charge >= 0.3 is 0 Å². The van der Waals surface area contributed by atoms with Crippen molar-refractivity contribution in [3.05, 3.63) is 127 Å². The molecule has 0 fully saturated rings. The van der Waals surface area contributed by atoms with E-state index < -0.39 is 8.07 Å². The quantitative estimate of drug-likeness (QED) is 0.257. The van der Waals surface area contributed by atoms with Crippen molar-refractivity contribution in [1.29, 1.82) is 0 Å². The highest BCUT2D eigenvalue weighted by atomic mass is 31.1. The first-order valence-corrected chi connectivity index (χ1v) is 11.1. The van der Waals surface area contributed by atoms with Crippen molar-refractivity contribution < 1.29 is 0 Å². The maximum absolute atomic E-state index is 4.97. The Bertz CT molecular complexity index is 994. The third-order valence-electron chi connectivity index (χ3n) is 4.50. The van der Waals surface area contributed by atoms with Crippen LogP contribution in [0.2, 0.25) is 0 Å². The number of hydrogen-bond donors (Lipinski definition) is 1. The van der Waals surface area contributed by atoms with E-state index in [2.05, 4.69) is 90.0 Å². The molecule has 1 N–H and O–H groups in total. The molecule has 0 bridgehead atoms. The van der Waals surface area contributed by atoms with Gasteiger partial charge in [-0.25, -0.2) is 4.99 Å². The minimum atomic E-state index is -0.763. The van der Waals surface area contributed by atoms with Crippen molar-refractivity contribution in [2.75, 3.05) is 0 Å². The van der Waals surface area contributed by atoms with E-state index in [1.54, 1.807) is 0 Å².